The Kier molecular flexibility index (Phi) is 3.76. The highest BCUT2D eigenvalue weighted by Gasteiger charge is 2.35. The number of hydrogen-bond donors (Lipinski definition) is 1. The number of pyridine rings is 1. The Bertz CT molecular complexity index is 835. The second-order valence-corrected chi connectivity index (χ2v) is 6.15. The van der Waals surface area contributed by atoms with Gasteiger partial charge in [-0.3, -0.25) is 9.59 Å². The normalized spacial score (nSPS) is 18.5. The first-order valence-corrected chi connectivity index (χ1v) is 8.04. The number of ether oxygens (including phenoxy) is 2. The fourth-order valence-corrected chi connectivity index (χ4v) is 2.96. The van der Waals surface area contributed by atoms with Gasteiger partial charge in [0.25, 0.3) is 0 Å². The summed E-state index contributed by atoms with van der Waals surface area (Å²) in [5.41, 5.74) is 1.72. The largest absolute Gasteiger partial charge is 0.454 e. The van der Waals surface area contributed by atoms with Gasteiger partial charge in [-0.25, -0.2) is 4.98 Å². The van der Waals surface area contributed by atoms with Gasteiger partial charge in [0.2, 0.25) is 18.6 Å². The van der Waals surface area contributed by atoms with E-state index in [2.05, 4.69) is 10.3 Å². The molecule has 1 N–H and O–H groups in total. The van der Waals surface area contributed by atoms with Crippen molar-refractivity contribution in [3.63, 3.8) is 0 Å². The first kappa shape index (κ1) is 15.4. The molecule has 1 fully saturated rings. The van der Waals surface area contributed by atoms with Crippen molar-refractivity contribution < 1.29 is 19.1 Å². The summed E-state index contributed by atoms with van der Waals surface area (Å²) in [6.07, 6.45) is 1.86. The Morgan fingerprint density at radius 3 is 2.88 bits per heavy atom. The molecule has 2 amide bonds. The summed E-state index contributed by atoms with van der Waals surface area (Å²) in [7, 11) is 0. The van der Waals surface area contributed by atoms with Crippen molar-refractivity contribution in [3.05, 3.63) is 42.1 Å². The molecule has 7 nitrogen and oxygen atoms in total. The van der Waals surface area contributed by atoms with E-state index in [1.54, 1.807) is 35.4 Å². The van der Waals surface area contributed by atoms with Crippen LogP contribution in [0.5, 0.6) is 11.5 Å². The number of rotatable bonds is 3. The van der Waals surface area contributed by atoms with Crippen LogP contribution in [-0.4, -0.2) is 30.1 Å². The SMILES string of the molecule is Cc1ccc(NC(=O)[C@@H]2CC(=O)N(c3ccc4c(c3)OCO4)C2)nc1. The van der Waals surface area contributed by atoms with Crippen LogP contribution >= 0.6 is 0 Å². The highest BCUT2D eigenvalue weighted by Crippen LogP contribution is 2.37. The maximum Gasteiger partial charge on any atom is 0.231 e. The minimum absolute atomic E-state index is 0.0871. The van der Waals surface area contributed by atoms with E-state index in [9.17, 15) is 9.59 Å². The van der Waals surface area contributed by atoms with Gasteiger partial charge in [0, 0.05) is 30.9 Å². The van der Waals surface area contributed by atoms with Crippen molar-refractivity contribution >= 4 is 23.3 Å². The van der Waals surface area contributed by atoms with Crippen LogP contribution in [0.4, 0.5) is 11.5 Å². The molecule has 2 aromatic rings. The summed E-state index contributed by atoms with van der Waals surface area (Å²) in [4.78, 5) is 30.5. The number of nitrogens with zero attached hydrogens (tertiary/aromatic N) is 2. The van der Waals surface area contributed by atoms with E-state index < -0.39 is 5.92 Å². The van der Waals surface area contributed by atoms with Gasteiger partial charge in [0.15, 0.2) is 11.5 Å². The topological polar surface area (TPSA) is 80.8 Å². The minimum Gasteiger partial charge on any atom is -0.454 e. The van der Waals surface area contributed by atoms with E-state index >= 15 is 0 Å². The predicted molar refractivity (Wildman–Crippen MR) is 90.6 cm³/mol. The van der Waals surface area contributed by atoms with E-state index in [0.29, 0.717) is 29.5 Å². The molecule has 7 heteroatoms. The lowest BCUT2D eigenvalue weighted by atomic mass is 10.1. The van der Waals surface area contributed by atoms with E-state index in [-0.39, 0.29) is 25.0 Å². The zero-order chi connectivity index (χ0) is 17.4. The van der Waals surface area contributed by atoms with Gasteiger partial charge in [0.05, 0.1) is 5.92 Å². The van der Waals surface area contributed by atoms with Gasteiger partial charge < -0.3 is 19.7 Å². The molecule has 0 bridgehead atoms. The van der Waals surface area contributed by atoms with Crippen molar-refractivity contribution in [1.29, 1.82) is 0 Å². The van der Waals surface area contributed by atoms with Crippen LogP contribution in [0.15, 0.2) is 36.5 Å². The van der Waals surface area contributed by atoms with Crippen LogP contribution in [0.25, 0.3) is 0 Å². The van der Waals surface area contributed by atoms with Crippen LogP contribution < -0.4 is 19.7 Å². The molecular formula is C18H17N3O4. The Morgan fingerprint density at radius 1 is 1.24 bits per heavy atom. The third kappa shape index (κ3) is 3.00. The van der Waals surface area contributed by atoms with Crippen molar-refractivity contribution in [2.45, 2.75) is 13.3 Å². The molecule has 0 unspecified atom stereocenters. The summed E-state index contributed by atoms with van der Waals surface area (Å²) in [6.45, 7) is 2.44. The molecule has 0 aliphatic carbocycles. The molecule has 1 atom stereocenters. The molecule has 0 radical (unpaired) electrons. The molecule has 2 aliphatic heterocycles. The summed E-state index contributed by atoms with van der Waals surface area (Å²) < 4.78 is 10.6. The van der Waals surface area contributed by atoms with E-state index in [0.717, 1.165) is 5.56 Å². The van der Waals surface area contributed by atoms with Crippen LogP contribution in [-0.2, 0) is 9.59 Å². The van der Waals surface area contributed by atoms with Crippen LogP contribution in [0.2, 0.25) is 0 Å². The molecule has 128 valence electrons. The summed E-state index contributed by atoms with van der Waals surface area (Å²) in [5, 5.41) is 2.77. The lowest BCUT2D eigenvalue weighted by Crippen LogP contribution is -2.28. The van der Waals surface area contributed by atoms with Crippen LogP contribution in [0.1, 0.15) is 12.0 Å². The number of carbonyl (C=O) groups is 2. The lowest BCUT2D eigenvalue weighted by Gasteiger charge is -2.17. The Labute approximate surface area is 144 Å². The first-order chi connectivity index (χ1) is 12.1. The van der Waals surface area contributed by atoms with Crippen molar-refractivity contribution in [2.24, 2.45) is 5.92 Å². The predicted octanol–water partition coefficient (Wildman–Crippen LogP) is 2.11. The molecule has 2 aliphatic rings. The molecule has 1 aromatic carbocycles. The van der Waals surface area contributed by atoms with E-state index in [1.807, 2.05) is 13.0 Å². The Balaban J connectivity index is 1.46. The molecule has 0 saturated carbocycles. The number of fused-ring (bicyclic) bond motifs is 1. The molecule has 1 aromatic heterocycles. The quantitative estimate of drug-likeness (QED) is 0.926. The molecule has 25 heavy (non-hydrogen) atoms. The Hall–Kier alpha value is -3.09. The second kappa shape index (κ2) is 6.08. The average Bonchev–Trinajstić information content (AvgIpc) is 3.22. The van der Waals surface area contributed by atoms with Gasteiger partial charge in [0.1, 0.15) is 5.82 Å². The van der Waals surface area contributed by atoms with E-state index in [4.69, 9.17) is 9.47 Å². The van der Waals surface area contributed by atoms with Crippen LogP contribution in [0.3, 0.4) is 0 Å². The maximum absolute atomic E-state index is 12.4. The van der Waals surface area contributed by atoms with Gasteiger partial charge in [-0.1, -0.05) is 6.07 Å². The van der Waals surface area contributed by atoms with Gasteiger partial charge in [-0.05, 0) is 30.7 Å². The monoisotopic (exact) mass is 339 g/mol. The standard InChI is InChI=1S/C18H17N3O4/c1-11-2-5-16(19-8-11)20-18(23)12-6-17(22)21(9-12)13-3-4-14-15(7-13)25-10-24-14/h2-5,7-8,12H,6,9-10H2,1H3,(H,19,20,23)/t12-/m1/s1. The van der Waals surface area contributed by atoms with Gasteiger partial charge in [-0.2, -0.15) is 0 Å². The maximum atomic E-state index is 12.4. The average molecular weight is 339 g/mol. The molecular weight excluding hydrogens is 322 g/mol. The second-order valence-electron chi connectivity index (χ2n) is 6.15. The van der Waals surface area contributed by atoms with Crippen molar-refractivity contribution in [2.75, 3.05) is 23.6 Å². The fourth-order valence-electron chi connectivity index (χ4n) is 2.96. The Morgan fingerprint density at radius 2 is 2.08 bits per heavy atom. The number of benzene rings is 1. The third-order valence-electron chi connectivity index (χ3n) is 4.33. The zero-order valence-electron chi connectivity index (χ0n) is 13.7. The summed E-state index contributed by atoms with van der Waals surface area (Å²) >= 11 is 0. The van der Waals surface area contributed by atoms with Crippen LogP contribution in [0, 0.1) is 12.8 Å². The minimum atomic E-state index is -0.416. The third-order valence-corrected chi connectivity index (χ3v) is 4.33. The number of hydrogen-bond acceptors (Lipinski definition) is 5. The smallest absolute Gasteiger partial charge is 0.231 e. The number of nitrogens with one attached hydrogen (secondary N) is 1. The number of carbonyl (C=O) groups excluding carboxylic acids is 2. The lowest BCUT2D eigenvalue weighted by molar-refractivity contribution is -0.122. The number of amides is 2. The molecule has 1 saturated heterocycles. The first-order valence-electron chi connectivity index (χ1n) is 8.04. The zero-order valence-corrected chi connectivity index (χ0v) is 13.7. The van der Waals surface area contributed by atoms with Gasteiger partial charge >= 0.3 is 0 Å². The van der Waals surface area contributed by atoms with Crippen molar-refractivity contribution in [3.8, 4) is 11.5 Å². The summed E-state index contributed by atoms with van der Waals surface area (Å²) in [6, 6.07) is 8.96. The number of anilines is 2. The number of aryl methyl sites for hydroxylation is 1. The van der Waals surface area contributed by atoms with Crippen molar-refractivity contribution in [1.82, 2.24) is 4.98 Å². The summed E-state index contributed by atoms with van der Waals surface area (Å²) in [5.74, 6) is 1.06. The number of aromatic nitrogens is 1. The molecule has 3 heterocycles. The van der Waals surface area contributed by atoms with E-state index in [1.165, 1.54) is 0 Å². The molecule has 4 rings (SSSR count). The highest BCUT2D eigenvalue weighted by molar-refractivity contribution is 6.03. The van der Waals surface area contributed by atoms with Gasteiger partial charge in [-0.15, -0.1) is 0 Å². The highest BCUT2D eigenvalue weighted by atomic mass is 16.7. The fraction of sp³-hybridized carbons (Fsp3) is 0.278. The molecule has 0 spiro atoms.